The predicted octanol–water partition coefficient (Wildman–Crippen LogP) is 2.41. The maximum Gasteiger partial charge on any atom is 0.253 e. The normalized spacial score (nSPS) is 14.9. The second kappa shape index (κ2) is 8.22. The third-order valence-electron chi connectivity index (χ3n) is 5.54. The van der Waals surface area contributed by atoms with Crippen molar-refractivity contribution in [1.29, 1.82) is 0 Å². The van der Waals surface area contributed by atoms with Crippen molar-refractivity contribution in [2.75, 3.05) is 39.3 Å². The smallest absolute Gasteiger partial charge is 0.253 e. The molecule has 5 rings (SSSR count). The van der Waals surface area contributed by atoms with Gasteiger partial charge in [-0.2, -0.15) is 0 Å². The van der Waals surface area contributed by atoms with Crippen LogP contribution in [0.5, 0.6) is 0 Å². The van der Waals surface area contributed by atoms with E-state index in [1.165, 1.54) is 0 Å². The van der Waals surface area contributed by atoms with Gasteiger partial charge in [0.1, 0.15) is 5.82 Å². The molecule has 0 atom stereocenters. The number of carbonyl (C=O) groups is 1. The topological polar surface area (TPSA) is 85.9 Å². The third kappa shape index (κ3) is 3.77. The highest BCUT2D eigenvalue weighted by atomic mass is 16.1. The van der Waals surface area contributed by atoms with Crippen LogP contribution in [-0.2, 0) is 0 Å². The summed E-state index contributed by atoms with van der Waals surface area (Å²) in [4.78, 5) is 27.9. The molecule has 3 N–H and O–H groups in total. The van der Waals surface area contributed by atoms with E-state index in [1.54, 1.807) is 6.20 Å². The average Bonchev–Trinajstić information content (AvgIpc) is 3.23. The van der Waals surface area contributed by atoms with Crippen LogP contribution in [-0.4, -0.2) is 65.0 Å². The largest absolute Gasteiger partial charge is 0.351 e. The van der Waals surface area contributed by atoms with Crippen molar-refractivity contribution in [3.63, 3.8) is 0 Å². The predicted molar refractivity (Wildman–Crippen MR) is 118 cm³/mol. The second-order valence-corrected chi connectivity index (χ2v) is 7.55. The van der Waals surface area contributed by atoms with Crippen molar-refractivity contribution in [2.24, 2.45) is 0 Å². The second-order valence-electron chi connectivity index (χ2n) is 7.55. The van der Waals surface area contributed by atoms with Gasteiger partial charge < -0.3 is 15.6 Å². The highest BCUT2D eigenvalue weighted by Gasteiger charge is 2.16. The lowest BCUT2D eigenvalue weighted by molar-refractivity contribution is 0.0949. The van der Waals surface area contributed by atoms with Gasteiger partial charge in [-0.05, 0) is 30.3 Å². The van der Waals surface area contributed by atoms with E-state index in [1.807, 2.05) is 48.5 Å². The van der Waals surface area contributed by atoms with Crippen LogP contribution in [0.2, 0.25) is 0 Å². The van der Waals surface area contributed by atoms with Crippen LogP contribution in [0.15, 0.2) is 54.7 Å². The Balaban J connectivity index is 1.43. The zero-order valence-electron chi connectivity index (χ0n) is 16.7. The molecule has 7 heteroatoms. The van der Waals surface area contributed by atoms with Gasteiger partial charge >= 0.3 is 0 Å². The van der Waals surface area contributed by atoms with Crippen molar-refractivity contribution in [1.82, 2.24) is 30.5 Å². The minimum absolute atomic E-state index is 0.105. The number of hydrogen-bond acceptors (Lipinski definition) is 5. The van der Waals surface area contributed by atoms with Crippen LogP contribution in [0.1, 0.15) is 10.4 Å². The quantitative estimate of drug-likeness (QED) is 0.479. The molecule has 4 aromatic rings. The van der Waals surface area contributed by atoms with Crippen molar-refractivity contribution < 1.29 is 4.79 Å². The number of para-hydroxylation sites is 2. The van der Waals surface area contributed by atoms with E-state index < -0.39 is 0 Å². The van der Waals surface area contributed by atoms with Gasteiger partial charge in [0.05, 0.1) is 22.1 Å². The average molecular weight is 400 g/mol. The summed E-state index contributed by atoms with van der Waals surface area (Å²) in [5.41, 5.74) is 4.03. The molecule has 152 valence electrons. The Hall–Kier alpha value is -3.29. The summed E-state index contributed by atoms with van der Waals surface area (Å²) < 4.78 is 0. The number of nitrogens with zero attached hydrogens (tertiary/aromatic N) is 3. The first-order valence-electron chi connectivity index (χ1n) is 10.3. The van der Waals surface area contributed by atoms with Gasteiger partial charge in [-0.15, -0.1) is 0 Å². The van der Waals surface area contributed by atoms with Crippen molar-refractivity contribution >= 4 is 27.8 Å². The Labute approximate surface area is 174 Å². The van der Waals surface area contributed by atoms with Gasteiger partial charge in [0.2, 0.25) is 0 Å². The number of piperazine rings is 1. The van der Waals surface area contributed by atoms with E-state index in [0.29, 0.717) is 17.6 Å². The summed E-state index contributed by atoms with van der Waals surface area (Å²) in [5, 5.41) is 7.34. The summed E-state index contributed by atoms with van der Waals surface area (Å²) in [6, 6.07) is 15.7. The van der Waals surface area contributed by atoms with Crippen molar-refractivity contribution in [3.05, 3.63) is 60.3 Å². The first kappa shape index (κ1) is 18.7. The Kier molecular flexibility index (Phi) is 5.13. The highest BCUT2D eigenvalue weighted by Crippen LogP contribution is 2.26. The number of carbonyl (C=O) groups excluding carboxylic acids is 1. The number of aromatic nitrogens is 3. The maximum absolute atomic E-state index is 13.0. The van der Waals surface area contributed by atoms with E-state index >= 15 is 0 Å². The lowest BCUT2D eigenvalue weighted by atomic mass is 10.0. The number of H-pyrrole nitrogens is 1. The molecule has 1 aliphatic heterocycles. The molecule has 0 aliphatic carbocycles. The van der Waals surface area contributed by atoms with Crippen LogP contribution < -0.4 is 10.6 Å². The van der Waals surface area contributed by atoms with Gasteiger partial charge in [-0.1, -0.05) is 18.2 Å². The standard InChI is InChI=1S/C23H24N6O/c30-23(26-10-13-29-11-8-24-9-12-29)18-15-17(14-16-4-3-7-25-21(16)18)22-27-19-5-1-2-6-20(19)28-22/h1-7,14-15,24H,8-13H2,(H,26,30)(H,27,28). The monoisotopic (exact) mass is 400 g/mol. The summed E-state index contributed by atoms with van der Waals surface area (Å²) in [7, 11) is 0. The summed E-state index contributed by atoms with van der Waals surface area (Å²) in [5.74, 6) is 0.642. The molecular formula is C23H24N6O. The van der Waals surface area contributed by atoms with Gasteiger partial charge in [0.25, 0.3) is 5.91 Å². The number of aromatic amines is 1. The van der Waals surface area contributed by atoms with Crippen LogP contribution in [0.3, 0.4) is 0 Å². The fourth-order valence-electron chi connectivity index (χ4n) is 3.95. The fraction of sp³-hybridized carbons (Fsp3) is 0.261. The summed E-state index contributed by atoms with van der Waals surface area (Å²) in [6.45, 7) is 5.50. The van der Waals surface area contributed by atoms with Gasteiger partial charge in [-0.25, -0.2) is 4.98 Å². The molecule has 3 heterocycles. The molecule has 30 heavy (non-hydrogen) atoms. The number of benzene rings is 2. The minimum atomic E-state index is -0.105. The number of nitrogens with one attached hydrogen (secondary N) is 3. The minimum Gasteiger partial charge on any atom is -0.351 e. The van der Waals surface area contributed by atoms with Gasteiger partial charge in [0, 0.05) is 56.4 Å². The molecule has 7 nitrogen and oxygen atoms in total. The number of rotatable bonds is 5. The zero-order valence-corrected chi connectivity index (χ0v) is 16.7. The van der Waals surface area contributed by atoms with E-state index in [2.05, 4.69) is 25.5 Å². The number of fused-ring (bicyclic) bond motifs is 2. The van der Waals surface area contributed by atoms with Gasteiger partial charge in [-0.3, -0.25) is 14.7 Å². The first-order valence-corrected chi connectivity index (χ1v) is 10.3. The number of amides is 1. The lowest BCUT2D eigenvalue weighted by Crippen LogP contribution is -2.46. The molecule has 1 amide bonds. The molecule has 1 aliphatic rings. The first-order chi connectivity index (χ1) is 14.8. The molecule has 1 saturated heterocycles. The van der Waals surface area contributed by atoms with Crippen molar-refractivity contribution in [3.8, 4) is 11.4 Å². The molecule has 0 spiro atoms. The zero-order chi connectivity index (χ0) is 20.3. The maximum atomic E-state index is 13.0. The molecule has 2 aromatic carbocycles. The number of imidazole rings is 1. The van der Waals surface area contributed by atoms with E-state index in [0.717, 1.165) is 60.5 Å². The molecule has 0 bridgehead atoms. The summed E-state index contributed by atoms with van der Waals surface area (Å²) in [6.07, 6.45) is 1.72. The van der Waals surface area contributed by atoms with Crippen LogP contribution >= 0.6 is 0 Å². The Morgan fingerprint density at radius 3 is 2.83 bits per heavy atom. The SMILES string of the molecule is O=C(NCCN1CCNCC1)c1cc(-c2nc3ccccc3[nH]2)cc2cccnc12. The van der Waals surface area contributed by atoms with Crippen LogP contribution in [0.4, 0.5) is 0 Å². The molecular weight excluding hydrogens is 376 g/mol. The Morgan fingerprint density at radius 1 is 1.10 bits per heavy atom. The molecule has 0 radical (unpaired) electrons. The van der Waals surface area contributed by atoms with E-state index in [4.69, 9.17) is 4.98 Å². The molecule has 0 unspecified atom stereocenters. The molecule has 1 fully saturated rings. The lowest BCUT2D eigenvalue weighted by Gasteiger charge is -2.27. The van der Waals surface area contributed by atoms with Gasteiger partial charge in [0.15, 0.2) is 0 Å². The van der Waals surface area contributed by atoms with E-state index in [9.17, 15) is 4.79 Å². The Morgan fingerprint density at radius 2 is 1.97 bits per heavy atom. The highest BCUT2D eigenvalue weighted by molar-refractivity contribution is 6.07. The van der Waals surface area contributed by atoms with Crippen LogP contribution in [0, 0.1) is 0 Å². The molecule has 2 aromatic heterocycles. The third-order valence-corrected chi connectivity index (χ3v) is 5.54. The fourth-order valence-corrected chi connectivity index (χ4v) is 3.95. The van der Waals surface area contributed by atoms with Crippen LogP contribution in [0.25, 0.3) is 33.3 Å². The Bertz CT molecular complexity index is 1160. The number of hydrogen-bond donors (Lipinski definition) is 3. The van der Waals surface area contributed by atoms with Crippen molar-refractivity contribution in [2.45, 2.75) is 0 Å². The number of pyridine rings is 1. The summed E-state index contributed by atoms with van der Waals surface area (Å²) >= 11 is 0. The molecule has 0 saturated carbocycles. The van der Waals surface area contributed by atoms with E-state index in [-0.39, 0.29) is 5.91 Å².